The molecule has 0 aromatic heterocycles. The van der Waals surface area contributed by atoms with Crippen LogP contribution in [-0.4, -0.2) is 25.6 Å². The van der Waals surface area contributed by atoms with Crippen LogP contribution in [0, 0.1) is 0 Å². The zero-order valence-electron chi connectivity index (χ0n) is 10.7. The number of nitrogens with zero attached hydrogens (tertiary/aromatic N) is 1. The fourth-order valence-corrected chi connectivity index (χ4v) is 2.43. The van der Waals surface area contributed by atoms with E-state index in [0.29, 0.717) is 6.04 Å². The van der Waals surface area contributed by atoms with E-state index in [1.54, 1.807) is 5.57 Å². The first kappa shape index (κ1) is 12.2. The summed E-state index contributed by atoms with van der Waals surface area (Å²) in [6.07, 6.45) is 14.1. The van der Waals surface area contributed by atoms with Crippen LogP contribution in [0.1, 0.15) is 38.5 Å². The molecule has 2 rings (SSSR count). The average Bonchev–Trinajstić information content (AvgIpc) is 3.00. The van der Waals surface area contributed by atoms with Crippen molar-refractivity contribution in [2.45, 2.75) is 44.6 Å². The number of aliphatic imine (C=N–C) groups is 1. The molecule has 0 aromatic rings. The Hall–Kier alpha value is -1.25. The van der Waals surface area contributed by atoms with Gasteiger partial charge in [-0.05, 0) is 38.5 Å². The third-order valence-corrected chi connectivity index (χ3v) is 3.45. The van der Waals surface area contributed by atoms with Crippen LogP contribution < -0.4 is 10.6 Å². The van der Waals surface area contributed by atoms with Gasteiger partial charge in [-0.2, -0.15) is 0 Å². The Kier molecular flexibility index (Phi) is 4.65. The standard InChI is InChI=1S/C14H23N3/c1-15-14(17-13-8-4-5-9-13)16-11-10-12-6-2-3-7-12/h4-6,13H,2-3,7-11H2,1H3,(H2,15,16,17). The van der Waals surface area contributed by atoms with E-state index in [4.69, 9.17) is 0 Å². The topological polar surface area (TPSA) is 36.4 Å². The van der Waals surface area contributed by atoms with Crippen molar-refractivity contribution in [3.8, 4) is 0 Å². The number of allylic oxidation sites excluding steroid dienone is 1. The molecule has 0 amide bonds. The SMILES string of the molecule is CN=C(NCCC1=CCCC1)NC1CC=CC1. The van der Waals surface area contributed by atoms with E-state index in [1.807, 2.05) is 7.05 Å². The van der Waals surface area contributed by atoms with E-state index in [2.05, 4.69) is 33.9 Å². The zero-order valence-corrected chi connectivity index (χ0v) is 10.7. The highest BCUT2D eigenvalue weighted by Crippen LogP contribution is 2.19. The summed E-state index contributed by atoms with van der Waals surface area (Å²) in [5.41, 5.74) is 1.61. The number of hydrogen-bond acceptors (Lipinski definition) is 1. The van der Waals surface area contributed by atoms with E-state index in [1.165, 1.54) is 19.3 Å². The fourth-order valence-electron chi connectivity index (χ4n) is 2.43. The van der Waals surface area contributed by atoms with Crippen molar-refractivity contribution >= 4 is 5.96 Å². The molecule has 2 aliphatic carbocycles. The number of nitrogens with one attached hydrogen (secondary N) is 2. The predicted molar refractivity (Wildman–Crippen MR) is 73.2 cm³/mol. The smallest absolute Gasteiger partial charge is 0.191 e. The minimum Gasteiger partial charge on any atom is -0.356 e. The number of hydrogen-bond donors (Lipinski definition) is 2. The second kappa shape index (κ2) is 6.48. The molecule has 94 valence electrons. The van der Waals surface area contributed by atoms with Gasteiger partial charge in [-0.1, -0.05) is 23.8 Å². The van der Waals surface area contributed by atoms with Gasteiger partial charge in [0, 0.05) is 19.6 Å². The minimum absolute atomic E-state index is 0.534. The summed E-state index contributed by atoms with van der Waals surface area (Å²) in [6, 6.07) is 0.534. The maximum absolute atomic E-state index is 4.26. The van der Waals surface area contributed by atoms with E-state index in [9.17, 15) is 0 Å². The molecule has 17 heavy (non-hydrogen) atoms. The zero-order chi connectivity index (χ0) is 11.9. The minimum atomic E-state index is 0.534. The van der Waals surface area contributed by atoms with E-state index in [0.717, 1.165) is 31.8 Å². The molecule has 2 N–H and O–H groups in total. The normalized spacial score (nSPS) is 20.8. The van der Waals surface area contributed by atoms with Crippen molar-refractivity contribution in [2.75, 3.05) is 13.6 Å². The lowest BCUT2D eigenvalue weighted by Gasteiger charge is -2.17. The molecular weight excluding hydrogens is 210 g/mol. The average molecular weight is 233 g/mol. The highest BCUT2D eigenvalue weighted by Gasteiger charge is 2.11. The van der Waals surface area contributed by atoms with E-state index >= 15 is 0 Å². The Morgan fingerprint density at radius 3 is 2.88 bits per heavy atom. The summed E-state index contributed by atoms with van der Waals surface area (Å²) in [6.45, 7) is 0.992. The van der Waals surface area contributed by atoms with Crippen LogP contribution in [0.4, 0.5) is 0 Å². The first-order valence-electron chi connectivity index (χ1n) is 6.68. The number of guanidine groups is 1. The van der Waals surface area contributed by atoms with Crippen molar-refractivity contribution < 1.29 is 0 Å². The molecule has 0 aromatic carbocycles. The number of rotatable bonds is 4. The lowest BCUT2D eigenvalue weighted by molar-refractivity contribution is 0.632. The van der Waals surface area contributed by atoms with Crippen LogP contribution >= 0.6 is 0 Å². The van der Waals surface area contributed by atoms with Crippen molar-refractivity contribution in [3.63, 3.8) is 0 Å². The highest BCUT2D eigenvalue weighted by molar-refractivity contribution is 5.80. The maximum Gasteiger partial charge on any atom is 0.191 e. The van der Waals surface area contributed by atoms with Crippen LogP contribution in [0.15, 0.2) is 28.8 Å². The molecule has 0 saturated carbocycles. The fraction of sp³-hybridized carbons (Fsp3) is 0.643. The molecule has 0 bridgehead atoms. The molecule has 0 heterocycles. The van der Waals surface area contributed by atoms with Gasteiger partial charge in [0.15, 0.2) is 5.96 Å². The van der Waals surface area contributed by atoms with Gasteiger partial charge in [0.2, 0.25) is 0 Å². The molecular formula is C14H23N3. The van der Waals surface area contributed by atoms with Crippen molar-refractivity contribution in [1.82, 2.24) is 10.6 Å². The van der Waals surface area contributed by atoms with Crippen LogP contribution in [0.3, 0.4) is 0 Å². The van der Waals surface area contributed by atoms with Gasteiger partial charge in [-0.15, -0.1) is 0 Å². The monoisotopic (exact) mass is 233 g/mol. The molecule has 0 saturated heterocycles. The molecule has 3 nitrogen and oxygen atoms in total. The first-order valence-corrected chi connectivity index (χ1v) is 6.68. The summed E-state index contributed by atoms with van der Waals surface area (Å²) >= 11 is 0. The summed E-state index contributed by atoms with van der Waals surface area (Å²) in [7, 11) is 1.84. The van der Waals surface area contributed by atoms with Crippen LogP contribution in [-0.2, 0) is 0 Å². The quantitative estimate of drug-likeness (QED) is 0.444. The summed E-state index contributed by atoms with van der Waals surface area (Å²) in [5, 5.41) is 6.84. The summed E-state index contributed by atoms with van der Waals surface area (Å²) in [4.78, 5) is 4.26. The van der Waals surface area contributed by atoms with Crippen LogP contribution in [0.25, 0.3) is 0 Å². The van der Waals surface area contributed by atoms with Crippen molar-refractivity contribution in [2.24, 2.45) is 4.99 Å². The van der Waals surface area contributed by atoms with Crippen LogP contribution in [0.5, 0.6) is 0 Å². The predicted octanol–water partition coefficient (Wildman–Crippen LogP) is 2.37. The molecule has 0 atom stereocenters. The molecule has 2 aliphatic rings. The van der Waals surface area contributed by atoms with Gasteiger partial charge in [0.25, 0.3) is 0 Å². The van der Waals surface area contributed by atoms with Gasteiger partial charge >= 0.3 is 0 Å². The lowest BCUT2D eigenvalue weighted by atomic mass is 10.2. The first-order chi connectivity index (χ1) is 8.38. The van der Waals surface area contributed by atoms with Crippen LogP contribution in [0.2, 0.25) is 0 Å². The van der Waals surface area contributed by atoms with E-state index < -0.39 is 0 Å². The third-order valence-electron chi connectivity index (χ3n) is 3.45. The Labute approximate surface area is 104 Å². The Morgan fingerprint density at radius 2 is 2.24 bits per heavy atom. The molecule has 0 aliphatic heterocycles. The lowest BCUT2D eigenvalue weighted by Crippen LogP contribution is -2.42. The van der Waals surface area contributed by atoms with Crippen molar-refractivity contribution in [3.05, 3.63) is 23.8 Å². The molecule has 3 heteroatoms. The summed E-state index contributed by atoms with van der Waals surface area (Å²) < 4.78 is 0. The molecule has 0 unspecified atom stereocenters. The van der Waals surface area contributed by atoms with Gasteiger partial charge < -0.3 is 10.6 Å². The van der Waals surface area contributed by atoms with Gasteiger partial charge in [0.1, 0.15) is 0 Å². The van der Waals surface area contributed by atoms with Gasteiger partial charge in [0.05, 0.1) is 0 Å². The Morgan fingerprint density at radius 1 is 1.41 bits per heavy atom. The third kappa shape index (κ3) is 3.91. The summed E-state index contributed by atoms with van der Waals surface area (Å²) in [5.74, 6) is 0.942. The van der Waals surface area contributed by atoms with E-state index in [-0.39, 0.29) is 0 Å². The Balaban J connectivity index is 1.65. The largest absolute Gasteiger partial charge is 0.356 e. The highest BCUT2D eigenvalue weighted by atomic mass is 15.2. The molecule has 0 radical (unpaired) electrons. The second-order valence-electron chi connectivity index (χ2n) is 4.79. The van der Waals surface area contributed by atoms with Crippen molar-refractivity contribution in [1.29, 1.82) is 0 Å². The molecule has 0 spiro atoms. The van der Waals surface area contributed by atoms with Gasteiger partial charge in [-0.25, -0.2) is 0 Å². The Bertz CT molecular complexity index is 320. The van der Waals surface area contributed by atoms with Gasteiger partial charge in [-0.3, -0.25) is 4.99 Å². The second-order valence-corrected chi connectivity index (χ2v) is 4.79. The maximum atomic E-state index is 4.26. The molecule has 0 fully saturated rings.